The van der Waals surface area contributed by atoms with Gasteiger partial charge in [0.25, 0.3) is 5.56 Å². The van der Waals surface area contributed by atoms with Crippen molar-refractivity contribution in [1.82, 2.24) is 9.78 Å². The zero-order valence-corrected chi connectivity index (χ0v) is 12.0. The van der Waals surface area contributed by atoms with Crippen LogP contribution in [0.3, 0.4) is 0 Å². The SMILES string of the molecule is O=c1c(Br)c(NC2CCOCC2)cnn1CC(F)(F)F. The minimum Gasteiger partial charge on any atom is -0.381 e. The largest absolute Gasteiger partial charge is 0.408 e. The van der Waals surface area contributed by atoms with Gasteiger partial charge in [-0.3, -0.25) is 4.79 Å². The molecular formula is C11H13BrF3N3O2. The van der Waals surface area contributed by atoms with E-state index in [-0.39, 0.29) is 10.5 Å². The molecule has 1 aromatic heterocycles. The van der Waals surface area contributed by atoms with E-state index in [4.69, 9.17) is 4.74 Å². The summed E-state index contributed by atoms with van der Waals surface area (Å²) in [7, 11) is 0. The van der Waals surface area contributed by atoms with Crippen molar-refractivity contribution in [2.24, 2.45) is 0 Å². The molecule has 0 spiro atoms. The third kappa shape index (κ3) is 3.95. The quantitative estimate of drug-likeness (QED) is 0.902. The normalized spacial score (nSPS) is 17.2. The lowest BCUT2D eigenvalue weighted by molar-refractivity contribution is -0.143. The van der Waals surface area contributed by atoms with Crippen LogP contribution in [-0.2, 0) is 11.3 Å². The molecule has 112 valence electrons. The summed E-state index contributed by atoms with van der Waals surface area (Å²) >= 11 is 3.03. The summed E-state index contributed by atoms with van der Waals surface area (Å²) in [5, 5.41) is 6.65. The maximum Gasteiger partial charge on any atom is 0.408 e. The van der Waals surface area contributed by atoms with Gasteiger partial charge in [0, 0.05) is 19.3 Å². The minimum atomic E-state index is -4.48. The first kappa shape index (κ1) is 15.3. The summed E-state index contributed by atoms with van der Waals surface area (Å²) in [5.74, 6) is 0. The Morgan fingerprint density at radius 2 is 2.10 bits per heavy atom. The topological polar surface area (TPSA) is 56.1 Å². The maximum atomic E-state index is 12.3. The monoisotopic (exact) mass is 355 g/mol. The number of nitrogens with zero attached hydrogens (tertiary/aromatic N) is 2. The Morgan fingerprint density at radius 1 is 1.45 bits per heavy atom. The zero-order chi connectivity index (χ0) is 14.8. The van der Waals surface area contributed by atoms with Crippen molar-refractivity contribution >= 4 is 21.6 Å². The Hall–Kier alpha value is -1.09. The second kappa shape index (κ2) is 6.13. The van der Waals surface area contributed by atoms with Crippen LogP contribution < -0.4 is 10.9 Å². The van der Waals surface area contributed by atoms with E-state index in [2.05, 4.69) is 26.3 Å². The average Bonchev–Trinajstić information content (AvgIpc) is 2.38. The highest BCUT2D eigenvalue weighted by atomic mass is 79.9. The maximum absolute atomic E-state index is 12.3. The summed E-state index contributed by atoms with van der Waals surface area (Å²) in [6, 6.07) is 0.125. The van der Waals surface area contributed by atoms with E-state index < -0.39 is 18.3 Å². The lowest BCUT2D eigenvalue weighted by Crippen LogP contribution is -2.33. The van der Waals surface area contributed by atoms with E-state index in [1.54, 1.807) is 0 Å². The van der Waals surface area contributed by atoms with Crippen LogP contribution in [0.1, 0.15) is 12.8 Å². The first-order chi connectivity index (χ1) is 9.37. The summed E-state index contributed by atoms with van der Waals surface area (Å²) < 4.78 is 42.5. The summed E-state index contributed by atoms with van der Waals surface area (Å²) in [6.07, 6.45) is -1.70. The molecule has 1 aliphatic rings. The molecule has 1 saturated heterocycles. The van der Waals surface area contributed by atoms with E-state index >= 15 is 0 Å². The molecule has 1 fully saturated rings. The van der Waals surface area contributed by atoms with Crippen molar-refractivity contribution in [1.29, 1.82) is 0 Å². The Balaban J connectivity index is 2.15. The van der Waals surface area contributed by atoms with E-state index in [0.29, 0.717) is 23.6 Å². The van der Waals surface area contributed by atoms with Gasteiger partial charge in [-0.25, -0.2) is 4.68 Å². The van der Waals surface area contributed by atoms with Gasteiger partial charge in [0.1, 0.15) is 11.0 Å². The van der Waals surface area contributed by atoms with Gasteiger partial charge in [0.05, 0.1) is 11.9 Å². The van der Waals surface area contributed by atoms with Gasteiger partial charge in [0.15, 0.2) is 0 Å². The predicted molar refractivity (Wildman–Crippen MR) is 69.7 cm³/mol. The van der Waals surface area contributed by atoms with E-state index in [0.717, 1.165) is 12.8 Å². The number of anilines is 1. The third-order valence-corrected chi connectivity index (χ3v) is 3.66. The predicted octanol–water partition coefficient (Wildman–Crippen LogP) is 2.16. The first-order valence-electron chi connectivity index (χ1n) is 6.03. The fourth-order valence-corrected chi connectivity index (χ4v) is 2.33. The van der Waals surface area contributed by atoms with Crippen LogP contribution in [0.4, 0.5) is 18.9 Å². The number of hydrogen-bond acceptors (Lipinski definition) is 4. The molecule has 0 saturated carbocycles. The molecule has 1 N–H and O–H groups in total. The molecule has 20 heavy (non-hydrogen) atoms. The molecule has 0 bridgehead atoms. The molecular weight excluding hydrogens is 343 g/mol. The average molecular weight is 356 g/mol. The molecule has 1 aromatic rings. The molecule has 0 aromatic carbocycles. The third-order valence-electron chi connectivity index (χ3n) is 2.89. The highest BCUT2D eigenvalue weighted by Crippen LogP contribution is 2.22. The second-order valence-electron chi connectivity index (χ2n) is 4.48. The van der Waals surface area contributed by atoms with Crippen LogP contribution in [-0.4, -0.2) is 35.2 Å². The molecule has 0 radical (unpaired) electrons. The molecule has 1 aliphatic heterocycles. The van der Waals surface area contributed by atoms with Crippen molar-refractivity contribution in [2.45, 2.75) is 31.6 Å². The molecule has 0 aliphatic carbocycles. The fourth-order valence-electron chi connectivity index (χ4n) is 1.91. The van der Waals surface area contributed by atoms with E-state index in [1.165, 1.54) is 6.20 Å². The minimum absolute atomic E-state index is 0.0586. The molecule has 0 atom stereocenters. The highest BCUT2D eigenvalue weighted by Gasteiger charge is 2.29. The summed E-state index contributed by atoms with van der Waals surface area (Å²) in [5.41, 5.74) is -0.403. The summed E-state index contributed by atoms with van der Waals surface area (Å²) in [4.78, 5) is 11.8. The molecule has 2 heterocycles. The van der Waals surface area contributed by atoms with Gasteiger partial charge < -0.3 is 10.1 Å². The molecule has 2 rings (SSSR count). The molecule has 9 heteroatoms. The lowest BCUT2D eigenvalue weighted by atomic mass is 10.1. The highest BCUT2D eigenvalue weighted by molar-refractivity contribution is 9.10. The van der Waals surface area contributed by atoms with Gasteiger partial charge in [-0.15, -0.1) is 0 Å². The van der Waals surface area contributed by atoms with Crippen LogP contribution in [0.2, 0.25) is 0 Å². The number of nitrogens with one attached hydrogen (secondary N) is 1. The standard InChI is InChI=1S/C11H13BrF3N3O2/c12-9-8(17-7-1-3-20-4-2-7)5-16-18(10(9)19)6-11(13,14)15/h5,7,17H,1-4,6H2. The van der Waals surface area contributed by atoms with Crippen LogP contribution in [0.25, 0.3) is 0 Å². The second-order valence-corrected chi connectivity index (χ2v) is 5.27. The zero-order valence-electron chi connectivity index (χ0n) is 10.4. The van der Waals surface area contributed by atoms with Crippen molar-refractivity contribution in [2.75, 3.05) is 18.5 Å². The molecule has 0 unspecified atom stereocenters. The number of hydrogen-bond donors (Lipinski definition) is 1. The van der Waals surface area contributed by atoms with E-state index in [9.17, 15) is 18.0 Å². The molecule has 0 amide bonds. The van der Waals surface area contributed by atoms with Crippen molar-refractivity contribution < 1.29 is 17.9 Å². The van der Waals surface area contributed by atoms with Crippen molar-refractivity contribution in [3.8, 4) is 0 Å². The molecule has 5 nitrogen and oxygen atoms in total. The van der Waals surface area contributed by atoms with Gasteiger partial charge >= 0.3 is 6.18 Å². The number of aromatic nitrogens is 2. The van der Waals surface area contributed by atoms with E-state index in [1.807, 2.05) is 0 Å². The van der Waals surface area contributed by atoms with Crippen LogP contribution in [0.5, 0.6) is 0 Å². The van der Waals surface area contributed by atoms with Crippen molar-refractivity contribution in [3.63, 3.8) is 0 Å². The Labute approximate surface area is 121 Å². The van der Waals surface area contributed by atoms with Crippen LogP contribution >= 0.6 is 15.9 Å². The van der Waals surface area contributed by atoms with Gasteiger partial charge in [-0.1, -0.05) is 0 Å². The first-order valence-corrected chi connectivity index (χ1v) is 6.83. The Morgan fingerprint density at radius 3 is 2.70 bits per heavy atom. The van der Waals surface area contributed by atoms with Gasteiger partial charge in [-0.2, -0.15) is 18.3 Å². The lowest BCUT2D eigenvalue weighted by Gasteiger charge is -2.24. The van der Waals surface area contributed by atoms with Crippen molar-refractivity contribution in [3.05, 3.63) is 21.0 Å². The summed E-state index contributed by atoms with van der Waals surface area (Å²) in [6.45, 7) is -0.163. The number of ether oxygens (including phenoxy) is 1. The van der Waals surface area contributed by atoms with Crippen LogP contribution in [0.15, 0.2) is 15.5 Å². The number of rotatable bonds is 3. The van der Waals surface area contributed by atoms with Gasteiger partial charge in [0.2, 0.25) is 0 Å². The number of halogens is 4. The van der Waals surface area contributed by atoms with Gasteiger partial charge in [-0.05, 0) is 28.8 Å². The smallest absolute Gasteiger partial charge is 0.381 e. The Kier molecular flexibility index (Phi) is 4.69. The Bertz CT molecular complexity index is 527. The van der Waals surface area contributed by atoms with Crippen LogP contribution in [0, 0.1) is 0 Å². The number of alkyl halides is 3. The fraction of sp³-hybridized carbons (Fsp3) is 0.636.